The molecular weight excluding hydrogens is 640 g/mol. The number of likely N-dealkylation sites (N-methyl/N-ethyl adjacent to an activating group) is 1. The first-order valence-electron chi connectivity index (χ1n) is 18.4. The van der Waals surface area contributed by atoms with Gasteiger partial charge in [-0.3, -0.25) is 14.4 Å². The standard InChI is InChI=1S/C39H57ClN4O3S/c1-7-9-28-18-33(40)14-16-34(28)32-22-44-21-31-12-15-35(31)30(20-43-24-39(4,25-43)42(5)6)11-8-10-26(2)27(3)48(46)41-38(45)29-13-17-37(47-23-32)36(44)19-29/h13-14,16-19,26-27,30-32,35H,7-12,15,20-25H2,1-6H3,(H,41,45). The Morgan fingerprint density at radius 3 is 2.56 bits per heavy atom. The summed E-state index contributed by atoms with van der Waals surface area (Å²) >= 11 is 6.48. The molecule has 1 saturated heterocycles. The minimum absolute atomic E-state index is 0.119. The van der Waals surface area contributed by atoms with E-state index in [1.54, 1.807) is 0 Å². The number of hydrogen-bond donors (Lipinski definition) is 1. The van der Waals surface area contributed by atoms with Crippen LogP contribution < -0.4 is 14.4 Å². The fourth-order valence-electron chi connectivity index (χ4n) is 8.67. The highest BCUT2D eigenvalue weighted by atomic mass is 35.5. The monoisotopic (exact) mass is 696 g/mol. The first kappa shape index (κ1) is 35.7. The number of nitrogens with one attached hydrogen (secondary N) is 1. The van der Waals surface area contributed by atoms with E-state index in [1.165, 1.54) is 30.4 Å². The van der Waals surface area contributed by atoms with Gasteiger partial charge in [-0.25, -0.2) is 4.21 Å². The molecule has 2 aromatic carbocycles. The van der Waals surface area contributed by atoms with Crippen molar-refractivity contribution in [2.75, 3.05) is 58.3 Å². The maximum atomic E-state index is 13.5. The number of rotatable bonds is 6. The highest BCUT2D eigenvalue weighted by molar-refractivity contribution is 7.84. The first-order chi connectivity index (χ1) is 23.0. The summed E-state index contributed by atoms with van der Waals surface area (Å²) in [5.41, 5.74) is 4.37. The number of ether oxygens (including phenoxy) is 1. The van der Waals surface area contributed by atoms with E-state index in [4.69, 9.17) is 16.3 Å². The van der Waals surface area contributed by atoms with Crippen LogP contribution in [0, 0.1) is 23.7 Å². The molecule has 1 amide bonds. The summed E-state index contributed by atoms with van der Waals surface area (Å²) in [7, 11) is 2.95. The van der Waals surface area contributed by atoms with Gasteiger partial charge in [0.05, 0.1) is 17.5 Å². The summed E-state index contributed by atoms with van der Waals surface area (Å²) in [5.74, 6) is 2.89. The van der Waals surface area contributed by atoms with Crippen molar-refractivity contribution in [3.8, 4) is 5.75 Å². The summed E-state index contributed by atoms with van der Waals surface area (Å²) in [6.45, 7) is 14.6. The third-order valence-corrected chi connectivity index (χ3v) is 14.1. The number of halogens is 1. The van der Waals surface area contributed by atoms with Gasteiger partial charge in [0.1, 0.15) is 16.7 Å². The van der Waals surface area contributed by atoms with Crippen LogP contribution in [-0.2, 0) is 17.4 Å². The van der Waals surface area contributed by atoms with Crippen molar-refractivity contribution in [1.82, 2.24) is 14.5 Å². The number of benzene rings is 2. The van der Waals surface area contributed by atoms with E-state index in [-0.39, 0.29) is 28.5 Å². The van der Waals surface area contributed by atoms with E-state index < -0.39 is 11.0 Å². The van der Waals surface area contributed by atoms with Gasteiger partial charge < -0.3 is 14.5 Å². The summed E-state index contributed by atoms with van der Waals surface area (Å²) in [6, 6.07) is 12.1. The molecule has 2 bridgehead atoms. The van der Waals surface area contributed by atoms with E-state index >= 15 is 0 Å². The van der Waals surface area contributed by atoms with Gasteiger partial charge in [0.15, 0.2) is 0 Å². The van der Waals surface area contributed by atoms with E-state index in [2.05, 4.69) is 66.4 Å². The Kier molecular flexibility index (Phi) is 11.2. The normalized spacial score (nSPS) is 31.1. The Bertz CT molecular complexity index is 1480. The second-order valence-electron chi connectivity index (χ2n) is 15.9. The summed E-state index contributed by atoms with van der Waals surface area (Å²) < 4.78 is 22.8. The first-order valence-corrected chi connectivity index (χ1v) is 20.0. The molecule has 264 valence electrons. The molecule has 48 heavy (non-hydrogen) atoms. The summed E-state index contributed by atoms with van der Waals surface area (Å²) in [4.78, 5) is 21.1. The van der Waals surface area contributed by atoms with E-state index in [0.29, 0.717) is 29.9 Å². The predicted octanol–water partition coefficient (Wildman–Crippen LogP) is 7.16. The van der Waals surface area contributed by atoms with E-state index in [1.807, 2.05) is 31.2 Å². The number of nitrogens with zero attached hydrogens (tertiary/aromatic N) is 3. The number of carbonyl (C=O) groups excluding carboxylic acids is 1. The lowest BCUT2D eigenvalue weighted by Crippen LogP contribution is -2.67. The molecule has 0 spiro atoms. The van der Waals surface area contributed by atoms with Crippen LogP contribution in [0.3, 0.4) is 0 Å². The lowest BCUT2D eigenvalue weighted by molar-refractivity contribution is -0.0405. The fourth-order valence-corrected chi connectivity index (χ4v) is 9.91. The molecule has 2 fully saturated rings. The molecule has 0 radical (unpaired) electrons. The predicted molar refractivity (Wildman–Crippen MR) is 199 cm³/mol. The van der Waals surface area contributed by atoms with Crippen LogP contribution in [0.5, 0.6) is 5.75 Å². The van der Waals surface area contributed by atoms with Gasteiger partial charge >= 0.3 is 0 Å². The number of likely N-dealkylation sites (tertiary alicyclic amines) is 1. The van der Waals surface area contributed by atoms with Crippen molar-refractivity contribution in [1.29, 1.82) is 0 Å². The lowest BCUT2D eigenvalue weighted by atomic mass is 9.65. The number of hydrogen-bond acceptors (Lipinski definition) is 6. The van der Waals surface area contributed by atoms with Crippen LogP contribution in [0.4, 0.5) is 5.69 Å². The summed E-state index contributed by atoms with van der Waals surface area (Å²) in [6.07, 6.45) is 7.91. The SMILES string of the molecule is CCCc1cc(Cl)ccc1C1COc2ccc3cc2N(C1)CC1CCC1C(CN1CC(C)(N(C)C)C1)CCCC(C)C(C)S(=O)NC3=O. The second kappa shape index (κ2) is 15.0. The number of amides is 1. The van der Waals surface area contributed by atoms with Crippen LogP contribution in [-0.4, -0.2) is 84.1 Å². The molecule has 7 nitrogen and oxygen atoms in total. The van der Waals surface area contributed by atoms with Crippen molar-refractivity contribution < 1.29 is 13.7 Å². The van der Waals surface area contributed by atoms with Crippen LogP contribution in [0.15, 0.2) is 36.4 Å². The largest absolute Gasteiger partial charge is 0.491 e. The van der Waals surface area contributed by atoms with Gasteiger partial charge in [0.25, 0.3) is 5.91 Å². The Morgan fingerprint density at radius 2 is 1.85 bits per heavy atom. The smallest absolute Gasteiger partial charge is 0.263 e. The van der Waals surface area contributed by atoms with Crippen molar-refractivity contribution in [2.45, 2.75) is 89.3 Å². The highest BCUT2D eigenvalue weighted by Gasteiger charge is 2.44. The van der Waals surface area contributed by atoms with E-state index in [0.717, 1.165) is 74.9 Å². The molecule has 4 aliphatic rings. The zero-order valence-electron chi connectivity index (χ0n) is 30.0. The Balaban J connectivity index is 1.32. The molecular formula is C39H57ClN4O3S. The molecule has 0 aromatic heterocycles. The molecule has 7 unspecified atom stereocenters. The average Bonchev–Trinajstić information content (AvgIpc) is 3.20. The molecule has 1 aliphatic carbocycles. The van der Waals surface area contributed by atoms with Crippen LogP contribution in [0.1, 0.15) is 93.6 Å². The van der Waals surface area contributed by atoms with Gasteiger partial charge in [-0.2, -0.15) is 0 Å². The molecule has 3 heterocycles. The maximum absolute atomic E-state index is 13.5. The molecule has 2 aromatic rings. The van der Waals surface area contributed by atoms with Crippen LogP contribution in [0.2, 0.25) is 5.02 Å². The van der Waals surface area contributed by atoms with Gasteiger partial charge in [-0.05, 0) is 125 Å². The second-order valence-corrected chi connectivity index (χ2v) is 17.8. The molecule has 1 N–H and O–H groups in total. The molecule has 6 rings (SSSR count). The highest BCUT2D eigenvalue weighted by Crippen LogP contribution is 2.46. The Hall–Kier alpha value is -2.13. The number of fused-ring (bicyclic) bond motifs is 2. The van der Waals surface area contributed by atoms with Gasteiger partial charge in [0.2, 0.25) is 0 Å². The quantitative estimate of drug-likeness (QED) is 0.346. The Morgan fingerprint density at radius 1 is 1.06 bits per heavy atom. The average molecular weight is 697 g/mol. The van der Waals surface area contributed by atoms with Crippen molar-refractivity contribution in [3.63, 3.8) is 0 Å². The van der Waals surface area contributed by atoms with Crippen LogP contribution in [0.25, 0.3) is 0 Å². The molecule has 7 atom stereocenters. The topological polar surface area (TPSA) is 65.1 Å². The molecule has 1 saturated carbocycles. The molecule has 3 aliphatic heterocycles. The third kappa shape index (κ3) is 7.62. The summed E-state index contributed by atoms with van der Waals surface area (Å²) in [5, 5.41) is 0.657. The number of anilines is 1. The molecule has 9 heteroatoms. The van der Waals surface area contributed by atoms with Crippen LogP contribution >= 0.6 is 11.6 Å². The lowest BCUT2D eigenvalue weighted by Gasteiger charge is -2.54. The maximum Gasteiger partial charge on any atom is 0.263 e. The zero-order chi connectivity index (χ0) is 34.2. The van der Waals surface area contributed by atoms with Gasteiger partial charge in [-0.1, -0.05) is 44.4 Å². The Labute approximate surface area is 296 Å². The minimum Gasteiger partial charge on any atom is -0.491 e. The van der Waals surface area contributed by atoms with E-state index in [9.17, 15) is 9.00 Å². The van der Waals surface area contributed by atoms with Crippen molar-refractivity contribution in [3.05, 3.63) is 58.1 Å². The third-order valence-electron chi connectivity index (χ3n) is 12.3. The number of aryl methyl sites for hydroxylation is 1. The van der Waals surface area contributed by atoms with Crippen molar-refractivity contribution >= 4 is 34.2 Å². The van der Waals surface area contributed by atoms with Gasteiger partial charge in [-0.15, -0.1) is 0 Å². The van der Waals surface area contributed by atoms with Crippen molar-refractivity contribution in [2.24, 2.45) is 23.7 Å². The number of carbonyl (C=O) groups is 1. The zero-order valence-corrected chi connectivity index (χ0v) is 31.5. The minimum atomic E-state index is -1.46. The fraction of sp³-hybridized carbons (Fsp3) is 0.667. The van der Waals surface area contributed by atoms with Gasteiger partial charge in [0, 0.05) is 54.8 Å².